The number of hydrogen-bond donors (Lipinski definition) is 0. The summed E-state index contributed by atoms with van der Waals surface area (Å²) >= 11 is 1.35. The third-order valence-corrected chi connectivity index (χ3v) is 2.52. The van der Waals surface area contributed by atoms with Crippen LogP contribution in [0.5, 0.6) is 0 Å². The summed E-state index contributed by atoms with van der Waals surface area (Å²) in [6, 6.07) is 1.65. The van der Waals surface area contributed by atoms with Crippen molar-refractivity contribution in [3.8, 4) is 0 Å². The lowest BCUT2D eigenvalue weighted by atomic mass is 10.3. The molecule has 0 N–H and O–H groups in total. The molecule has 0 atom stereocenters. The zero-order chi connectivity index (χ0) is 11.3. The lowest BCUT2D eigenvalue weighted by Crippen LogP contribution is -1.98. The minimum atomic E-state index is -0.428. The molecule has 1 heterocycles. The van der Waals surface area contributed by atoms with E-state index in [4.69, 9.17) is 0 Å². The van der Waals surface area contributed by atoms with E-state index in [2.05, 4.69) is 9.47 Å². The predicted molar refractivity (Wildman–Crippen MR) is 56.7 cm³/mol. The SMILES string of the molecule is COC(=O)C=Cc1cc(C(=O)OC)cs1. The maximum Gasteiger partial charge on any atom is 0.338 e. The van der Waals surface area contributed by atoms with Crippen molar-refractivity contribution in [1.82, 2.24) is 0 Å². The van der Waals surface area contributed by atoms with Gasteiger partial charge < -0.3 is 9.47 Å². The summed E-state index contributed by atoms with van der Waals surface area (Å²) in [5.74, 6) is -0.813. The van der Waals surface area contributed by atoms with Crippen LogP contribution in [0, 0.1) is 0 Å². The quantitative estimate of drug-likeness (QED) is 0.581. The van der Waals surface area contributed by atoms with Crippen LogP contribution in [0.1, 0.15) is 15.2 Å². The van der Waals surface area contributed by atoms with Crippen LogP contribution in [0.4, 0.5) is 0 Å². The van der Waals surface area contributed by atoms with Gasteiger partial charge in [-0.2, -0.15) is 0 Å². The van der Waals surface area contributed by atoms with E-state index in [1.165, 1.54) is 31.6 Å². The van der Waals surface area contributed by atoms with Gasteiger partial charge in [-0.3, -0.25) is 0 Å². The first-order valence-corrected chi connectivity index (χ1v) is 4.98. The Hall–Kier alpha value is -1.62. The van der Waals surface area contributed by atoms with Gasteiger partial charge in [0.05, 0.1) is 19.8 Å². The van der Waals surface area contributed by atoms with Crippen molar-refractivity contribution in [2.24, 2.45) is 0 Å². The van der Waals surface area contributed by atoms with Crippen molar-refractivity contribution >= 4 is 29.4 Å². The second kappa shape index (κ2) is 5.31. The number of hydrogen-bond acceptors (Lipinski definition) is 5. The average molecular weight is 226 g/mol. The fourth-order valence-corrected chi connectivity index (χ4v) is 1.65. The van der Waals surface area contributed by atoms with Gasteiger partial charge in [-0.1, -0.05) is 0 Å². The average Bonchev–Trinajstić information content (AvgIpc) is 2.73. The molecule has 80 valence electrons. The standard InChI is InChI=1S/C10H10O4S/c1-13-9(11)4-3-8-5-7(6-15-8)10(12)14-2/h3-6H,1-2H3. The number of carbonyl (C=O) groups excluding carboxylic acids is 2. The van der Waals surface area contributed by atoms with E-state index in [0.29, 0.717) is 5.56 Å². The molecule has 0 saturated carbocycles. The van der Waals surface area contributed by atoms with Crippen molar-refractivity contribution in [2.75, 3.05) is 14.2 Å². The monoisotopic (exact) mass is 226 g/mol. The molecule has 0 radical (unpaired) electrons. The van der Waals surface area contributed by atoms with E-state index >= 15 is 0 Å². The third-order valence-electron chi connectivity index (χ3n) is 1.63. The maximum absolute atomic E-state index is 11.1. The van der Waals surface area contributed by atoms with Crippen LogP contribution >= 0.6 is 11.3 Å². The Labute approximate surface area is 91.1 Å². The molecule has 0 aliphatic heterocycles. The molecular formula is C10H10O4S. The van der Waals surface area contributed by atoms with E-state index in [1.807, 2.05) is 0 Å². The summed E-state index contributed by atoms with van der Waals surface area (Å²) in [5, 5.41) is 1.67. The zero-order valence-electron chi connectivity index (χ0n) is 8.35. The second-order valence-corrected chi connectivity index (χ2v) is 3.53. The Morgan fingerprint density at radius 1 is 1.33 bits per heavy atom. The van der Waals surface area contributed by atoms with E-state index in [-0.39, 0.29) is 5.97 Å². The highest BCUT2D eigenvalue weighted by Gasteiger charge is 2.06. The molecule has 5 heteroatoms. The summed E-state index contributed by atoms with van der Waals surface area (Å²) in [7, 11) is 2.63. The van der Waals surface area contributed by atoms with Gasteiger partial charge in [-0.05, 0) is 12.1 Å². The van der Waals surface area contributed by atoms with Gasteiger partial charge in [0.1, 0.15) is 0 Å². The van der Waals surface area contributed by atoms with Crippen molar-refractivity contribution < 1.29 is 19.1 Å². The number of thiophene rings is 1. The molecule has 0 saturated heterocycles. The van der Waals surface area contributed by atoms with E-state index in [0.717, 1.165) is 4.88 Å². The van der Waals surface area contributed by atoms with Crippen molar-refractivity contribution in [1.29, 1.82) is 0 Å². The first kappa shape index (κ1) is 11.5. The van der Waals surface area contributed by atoms with Crippen LogP contribution in [-0.4, -0.2) is 26.2 Å². The minimum Gasteiger partial charge on any atom is -0.466 e. The number of rotatable bonds is 3. The smallest absolute Gasteiger partial charge is 0.338 e. The molecule has 0 spiro atoms. The summed E-state index contributed by atoms with van der Waals surface area (Å²) in [6.07, 6.45) is 2.88. The molecule has 0 fully saturated rings. The van der Waals surface area contributed by atoms with Gasteiger partial charge in [0.15, 0.2) is 0 Å². The Kier molecular flexibility index (Phi) is 4.05. The minimum absolute atomic E-state index is 0.385. The molecule has 15 heavy (non-hydrogen) atoms. The maximum atomic E-state index is 11.1. The van der Waals surface area contributed by atoms with Gasteiger partial charge in [0, 0.05) is 16.3 Å². The largest absolute Gasteiger partial charge is 0.466 e. The predicted octanol–water partition coefficient (Wildman–Crippen LogP) is 1.72. The summed E-state index contributed by atoms with van der Waals surface area (Å²) < 4.78 is 8.98. The molecule has 0 amide bonds. The first-order valence-electron chi connectivity index (χ1n) is 4.10. The lowest BCUT2D eigenvalue weighted by Gasteiger charge is -1.91. The molecule has 1 rings (SSSR count). The van der Waals surface area contributed by atoms with Gasteiger partial charge in [-0.25, -0.2) is 9.59 Å². The van der Waals surface area contributed by atoms with Crippen LogP contribution in [0.25, 0.3) is 6.08 Å². The Bertz CT molecular complexity index is 392. The van der Waals surface area contributed by atoms with Gasteiger partial charge >= 0.3 is 11.9 Å². The molecule has 4 nitrogen and oxygen atoms in total. The zero-order valence-corrected chi connectivity index (χ0v) is 9.17. The van der Waals surface area contributed by atoms with Crippen molar-refractivity contribution in [2.45, 2.75) is 0 Å². The Balaban J connectivity index is 2.72. The molecule has 1 aromatic heterocycles. The van der Waals surface area contributed by atoms with E-state index in [9.17, 15) is 9.59 Å². The van der Waals surface area contributed by atoms with Gasteiger partial charge in [-0.15, -0.1) is 11.3 Å². The van der Waals surface area contributed by atoms with Crippen LogP contribution in [0.2, 0.25) is 0 Å². The molecule has 0 unspecified atom stereocenters. The fourth-order valence-electron chi connectivity index (χ4n) is 0.883. The number of esters is 2. The third kappa shape index (κ3) is 3.21. The highest BCUT2D eigenvalue weighted by molar-refractivity contribution is 7.11. The van der Waals surface area contributed by atoms with Gasteiger partial charge in [0.2, 0.25) is 0 Å². The number of ether oxygens (including phenoxy) is 2. The topological polar surface area (TPSA) is 52.6 Å². The van der Waals surface area contributed by atoms with Crippen LogP contribution < -0.4 is 0 Å². The normalized spacial score (nSPS) is 10.3. The first-order chi connectivity index (χ1) is 7.17. The Morgan fingerprint density at radius 3 is 2.67 bits per heavy atom. The van der Waals surface area contributed by atoms with Crippen LogP contribution in [0.3, 0.4) is 0 Å². The highest BCUT2D eigenvalue weighted by atomic mass is 32.1. The Morgan fingerprint density at radius 2 is 2.07 bits per heavy atom. The fraction of sp³-hybridized carbons (Fsp3) is 0.200. The summed E-state index contributed by atoms with van der Waals surface area (Å²) in [5.41, 5.74) is 0.479. The lowest BCUT2D eigenvalue weighted by molar-refractivity contribution is -0.134. The highest BCUT2D eigenvalue weighted by Crippen LogP contribution is 2.16. The molecule has 0 bridgehead atoms. The van der Waals surface area contributed by atoms with E-state index < -0.39 is 5.97 Å². The van der Waals surface area contributed by atoms with Gasteiger partial charge in [0.25, 0.3) is 0 Å². The second-order valence-electron chi connectivity index (χ2n) is 2.59. The van der Waals surface area contributed by atoms with Crippen LogP contribution in [-0.2, 0) is 14.3 Å². The molecule has 0 aliphatic carbocycles. The summed E-state index contributed by atoms with van der Waals surface area (Å²) in [4.78, 5) is 22.7. The van der Waals surface area contributed by atoms with E-state index in [1.54, 1.807) is 17.5 Å². The van der Waals surface area contributed by atoms with Crippen LogP contribution in [0.15, 0.2) is 17.5 Å². The van der Waals surface area contributed by atoms with Crippen molar-refractivity contribution in [3.63, 3.8) is 0 Å². The molecule has 0 aromatic carbocycles. The van der Waals surface area contributed by atoms with Crippen molar-refractivity contribution in [3.05, 3.63) is 28.0 Å². The molecular weight excluding hydrogens is 216 g/mol. The molecule has 0 aliphatic rings. The molecule has 1 aromatic rings. The number of methoxy groups -OCH3 is 2. The summed E-state index contributed by atoms with van der Waals surface area (Å²) in [6.45, 7) is 0. The number of carbonyl (C=O) groups is 2.